The smallest absolute Gasteiger partial charge is 0.256 e. The third-order valence-corrected chi connectivity index (χ3v) is 2.90. The average Bonchev–Trinajstić information content (AvgIpc) is 2.46. The van der Waals surface area contributed by atoms with E-state index in [2.05, 4.69) is 11.8 Å². The van der Waals surface area contributed by atoms with Crippen LogP contribution in [0.2, 0.25) is 0 Å². The van der Waals surface area contributed by atoms with Gasteiger partial charge in [-0.1, -0.05) is 11.8 Å². The minimum absolute atomic E-state index is 0.0396. The van der Waals surface area contributed by atoms with Gasteiger partial charge in [-0.25, -0.2) is 4.39 Å². The highest BCUT2D eigenvalue weighted by Crippen LogP contribution is 2.13. The molecule has 1 atom stereocenters. The SMILES string of the molecule is CC(O)CCN(C)C(=O)c1cc(C#CCCO)ccc1F. The van der Waals surface area contributed by atoms with Gasteiger partial charge in [0.05, 0.1) is 18.3 Å². The van der Waals surface area contributed by atoms with Crippen molar-refractivity contribution >= 4 is 5.91 Å². The normalized spacial score (nSPS) is 11.5. The molecule has 0 aliphatic rings. The molecule has 114 valence electrons. The zero-order valence-electron chi connectivity index (χ0n) is 12.3. The molecule has 0 aliphatic carbocycles. The molecule has 4 nitrogen and oxygen atoms in total. The monoisotopic (exact) mass is 293 g/mol. The lowest BCUT2D eigenvalue weighted by molar-refractivity contribution is 0.0764. The molecule has 1 unspecified atom stereocenters. The fraction of sp³-hybridized carbons (Fsp3) is 0.438. The van der Waals surface area contributed by atoms with E-state index in [4.69, 9.17) is 5.11 Å². The molecule has 1 rings (SSSR count). The third-order valence-electron chi connectivity index (χ3n) is 2.90. The minimum atomic E-state index is -0.600. The van der Waals surface area contributed by atoms with Gasteiger partial charge in [-0.3, -0.25) is 4.79 Å². The van der Waals surface area contributed by atoms with E-state index in [0.29, 0.717) is 24.9 Å². The molecule has 0 bridgehead atoms. The maximum absolute atomic E-state index is 13.8. The third kappa shape index (κ3) is 5.54. The van der Waals surface area contributed by atoms with E-state index in [1.165, 1.54) is 23.1 Å². The molecule has 0 saturated carbocycles. The zero-order chi connectivity index (χ0) is 15.8. The predicted molar refractivity (Wildman–Crippen MR) is 78.2 cm³/mol. The van der Waals surface area contributed by atoms with Crippen molar-refractivity contribution in [3.63, 3.8) is 0 Å². The van der Waals surface area contributed by atoms with Crippen LogP contribution in [0, 0.1) is 17.7 Å². The van der Waals surface area contributed by atoms with Crippen molar-refractivity contribution in [3.05, 3.63) is 35.1 Å². The number of amides is 1. The van der Waals surface area contributed by atoms with Crippen molar-refractivity contribution in [2.45, 2.75) is 25.9 Å². The van der Waals surface area contributed by atoms with Gasteiger partial charge < -0.3 is 15.1 Å². The summed E-state index contributed by atoms with van der Waals surface area (Å²) in [6.45, 7) is 1.94. The number of nitrogens with zero attached hydrogens (tertiary/aromatic N) is 1. The number of hydrogen-bond acceptors (Lipinski definition) is 3. The highest BCUT2D eigenvalue weighted by atomic mass is 19.1. The summed E-state index contributed by atoms with van der Waals surface area (Å²) in [6.07, 6.45) is 0.246. The summed E-state index contributed by atoms with van der Waals surface area (Å²) in [5.74, 6) is 4.45. The first-order valence-corrected chi connectivity index (χ1v) is 6.78. The van der Waals surface area contributed by atoms with Crippen LogP contribution < -0.4 is 0 Å². The summed E-state index contributed by atoms with van der Waals surface area (Å²) < 4.78 is 13.8. The van der Waals surface area contributed by atoms with Crippen LogP contribution >= 0.6 is 0 Å². The number of carbonyl (C=O) groups is 1. The van der Waals surface area contributed by atoms with Crippen LogP contribution in [0.25, 0.3) is 0 Å². The lowest BCUT2D eigenvalue weighted by atomic mass is 10.1. The Kier molecular flexibility index (Phi) is 6.86. The average molecular weight is 293 g/mol. The van der Waals surface area contributed by atoms with Crippen molar-refractivity contribution < 1.29 is 19.4 Å². The molecule has 0 saturated heterocycles. The summed E-state index contributed by atoms with van der Waals surface area (Å²) >= 11 is 0. The van der Waals surface area contributed by atoms with Crippen LogP contribution in [-0.4, -0.2) is 47.3 Å². The van der Waals surface area contributed by atoms with Gasteiger partial charge >= 0.3 is 0 Å². The van der Waals surface area contributed by atoms with Gasteiger partial charge in [-0.15, -0.1) is 0 Å². The summed E-state index contributed by atoms with van der Waals surface area (Å²) in [5, 5.41) is 17.9. The van der Waals surface area contributed by atoms with Gasteiger partial charge in [-0.05, 0) is 31.5 Å². The zero-order valence-corrected chi connectivity index (χ0v) is 12.3. The number of benzene rings is 1. The number of aliphatic hydroxyl groups excluding tert-OH is 2. The number of halogens is 1. The Bertz CT molecular complexity index is 546. The van der Waals surface area contributed by atoms with E-state index in [1.54, 1.807) is 14.0 Å². The minimum Gasteiger partial charge on any atom is -0.395 e. The predicted octanol–water partition coefficient (Wildman–Crippen LogP) is 1.40. The van der Waals surface area contributed by atoms with Crippen molar-refractivity contribution in [2.75, 3.05) is 20.2 Å². The van der Waals surface area contributed by atoms with Crippen LogP contribution in [0.4, 0.5) is 4.39 Å². The van der Waals surface area contributed by atoms with E-state index >= 15 is 0 Å². The van der Waals surface area contributed by atoms with Gasteiger partial charge in [-0.2, -0.15) is 0 Å². The molecule has 5 heteroatoms. The maximum Gasteiger partial charge on any atom is 0.256 e. The Morgan fingerprint density at radius 2 is 2.19 bits per heavy atom. The van der Waals surface area contributed by atoms with Crippen LogP contribution in [0.3, 0.4) is 0 Å². The molecule has 0 fully saturated rings. The Morgan fingerprint density at radius 3 is 2.81 bits per heavy atom. The lowest BCUT2D eigenvalue weighted by Crippen LogP contribution is -2.30. The Morgan fingerprint density at radius 1 is 1.48 bits per heavy atom. The first kappa shape index (κ1) is 17.2. The molecule has 0 radical (unpaired) electrons. The van der Waals surface area contributed by atoms with E-state index in [1.807, 2.05) is 0 Å². The van der Waals surface area contributed by atoms with E-state index in [0.717, 1.165) is 0 Å². The fourth-order valence-corrected chi connectivity index (χ4v) is 1.68. The summed E-state index contributed by atoms with van der Waals surface area (Å²) in [7, 11) is 1.56. The number of carbonyl (C=O) groups excluding carboxylic acids is 1. The molecule has 0 heterocycles. The number of hydrogen-bond donors (Lipinski definition) is 2. The van der Waals surface area contributed by atoms with Gasteiger partial charge in [0.2, 0.25) is 0 Å². The van der Waals surface area contributed by atoms with Crippen LogP contribution in [0.15, 0.2) is 18.2 Å². The van der Waals surface area contributed by atoms with Gasteiger partial charge in [0, 0.05) is 25.6 Å². The van der Waals surface area contributed by atoms with E-state index < -0.39 is 17.8 Å². The summed E-state index contributed by atoms with van der Waals surface area (Å²) in [4.78, 5) is 13.5. The first-order chi connectivity index (χ1) is 9.95. The van der Waals surface area contributed by atoms with E-state index in [9.17, 15) is 14.3 Å². The summed E-state index contributed by atoms with van der Waals surface area (Å²) in [5.41, 5.74) is 0.482. The molecular formula is C16H20FNO3. The standard InChI is InChI=1S/C16H20FNO3/c1-12(20)8-9-18(2)16(21)14-11-13(5-3-4-10-19)6-7-15(14)17/h6-7,11-12,19-20H,4,8-10H2,1-2H3. The molecule has 21 heavy (non-hydrogen) atoms. The second-order valence-corrected chi connectivity index (χ2v) is 4.83. The highest BCUT2D eigenvalue weighted by molar-refractivity contribution is 5.94. The first-order valence-electron chi connectivity index (χ1n) is 6.78. The van der Waals surface area contributed by atoms with Crippen LogP contribution in [0.5, 0.6) is 0 Å². The summed E-state index contributed by atoms with van der Waals surface area (Å²) in [6, 6.07) is 4.10. The van der Waals surface area contributed by atoms with Crippen molar-refractivity contribution in [2.24, 2.45) is 0 Å². The second kappa shape index (κ2) is 8.40. The van der Waals surface area contributed by atoms with Gasteiger partial charge in [0.15, 0.2) is 0 Å². The molecule has 0 spiro atoms. The number of aliphatic hydroxyl groups is 2. The number of rotatable bonds is 5. The Hall–Kier alpha value is -1.90. The molecule has 1 amide bonds. The van der Waals surface area contributed by atoms with E-state index in [-0.39, 0.29) is 12.2 Å². The molecule has 1 aromatic rings. The Labute approximate surface area is 124 Å². The molecule has 0 aromatic heterocycles. The lowest BCUT2D eigenvalue weighted by Gasteiger charge is -2.18. The fourth-order valence-electron chi connectivity index (χ4n) is 1.68. The molecular weight excluding hydrogens is 273 g/mol. The maximum atomic E-state index is 13.8. The topological polar surface area (TPSA) is 60.8 Å². The van der Waals surface area contributed by atoms with Crippen molar-refractivity contribution in [1.29, 1.82) is 0 Å². The molecule has 2 N–H and O–H groups in total. The van der Waals surface area contributed by atoms with Crippen molar-refractivity contribution in [1.82, 2.24) is 4.90 Å². The Balaban J connectivity index is 2.88. The second-order valence-electron chi connectivity index (χ2n) is 4.83. The van der Waals surface area contributed by atoms with Crippen LogP contribution in [0.1, 0.15) is 35.7 Å². The van der Waals surface area contributed by atoms with Crippen molar-refractivity contribution in [3.8, 4) is 11.8 Å². The van der Waals surface area contributed by atoms with Crippen LogP contribution in [-0.2, 0) is 0 Å². The highest BCUT2D eigenvalue weighted by Gasteiger charge is 2.16. The largest absolute Gasteiger partial charge is 0.395 e. The molecule has 1 aromatic carbocycles. The van der Waals surface area contributed by atoms with Gasteiger partial charge in [0.25, 0.3) is 5.91 Å². The van der Waals surface area contributed by atoms with Gasteiger partial charge in [0.1, 0.15) is 5.82 Å². The quantitative estimate of drug-likeness (QED) is 0.807. The molecule has 0 aliphatic heterocycles.